The van der Waals surface area contributed by atoms with Crippen molar-refractivity contribution in [2.24, 2.45) is 5.92 Å². The van der Waals surface area contributed by atoms with Gasteiger partial charge in [-0.05, 0) is 56.2 Å². The molecule has 0 heterocycles. The molecule has 1 aromatic rings. The summed E-state index contributed by atoms with van der Waals surface area (Å²) in [7, 11) is 1.67. The summed E-state index contributed by atoms with van der Waals surface area (Å²) in [5.41, 5.74) is 0.986. The minimum atomic E-state index is -0.416. The molecule has 2 unspecified atom stereocenters. The molecule has 20 heavy (non-hydrogen) atoms. The van der Waals surface area contributed by atoms with Gasteiger partial charge >= 0.3 is 0 Å². The fourth-order valence-electron chi connectivity index (χ4n) is 2.91. The Labute approximate surface area is 121 Å². The Morgan fingerprint density at radius 1 is 1.20 bits per heavy atom. The van der Waals surface area contributed by atoms with Crippen LogP contribution in [-0.4, -0.2) is 35.7 Å². The molecule has 1 aromatic carbocycles. The van der Waals surface area contributed by atoms with Gasteiger partial charge < -0.3 is 9.84 Å². The summed E-state index contributed by atoms with van der Waals surface area (Å²) in [4.78, 5) is 2.53. The van der Waals surface area contributed by atoms with Gasteiger partial charge in [0.1, 0.15) is 5.75 Å². The number of hydrogen-bond donors (Lipinski definition) is 1. The molecule has 3 heteroatoms. The number of nitrogens with zero attached hydrogens (tertiary/aromatic N) is 1. The van der Waals surface area contributed by atoms with Crippen LogP contribution in [0.3, 0.4) is 0 Å². The van der Waals surface area contributed by atoms with Crippen molar-refractivity contribution in [3.8, 4) is 5.75 Å². The van der Waals surface area contributed by atoms with E-state index in [9.17, 15) is 5.11 Å². The van der Waals surface area contributed by atoms with Gasteiger partial charge in [-0.3, -0.25) is 4.90 Å². The number of ether oxygens (including phenoxy) is 1. The van der Waals surface area contributed by atoms with Crippen LogP contribution in [0.25, 0.3) is 0 Å². The minimum absolute atomic E-state index is 0.191. The molecule has 0 bridgehead atoms. The molecule has 2 fully saturated rings. The van der Waals surface area contributed by atoms with Gasteiger partial charge in [-0.25, -0.2) is 0 Å². The Kier molecular flexibility index (Phi) is 3.99. The zero-order valence-corrected chi connectivity index (χ0v) is 12.5. The number of benzene rings is 1. The van der Waals surface area contributed by atoms with E-state index in [1.54, 1.807) is 7.11 Å². The van der Waals surface area contributed by atoms with Crippen LogP contribution in [0, 0.1) is 5.92 Å². The molecular formula is C17H25NO2. The zero-order chi connectivity index (χ0) is 14.1. The van der Waals surface area contributed by atoms with E-state index in [0.29, 0.717) is 6.04 Å². The zero-order valence-electron chi connectivity index (χ0n) is 12.5. The van der Waals surface area contributed by atoms with Crippen molar-refractivity contribution in [3.63, 3.8) is 0 Å². The maximum absolute atomic E-state index is 10.7. The first-order valence-electron chi connectivity index (χ1n) is 7.77. The number of aliphatic hydroxyl groups is 1. The van der Waals surface area contributed by atoms with Crippen LogP contribution >= 0.6 is 0 Å². The summed E-state index contributed by atoms with van der Waals surface area (Å²) in [6.45, 7) is 3.33. The standard InChI is InChI=1S/C17H25NO2/c1-12(18(15-7-8-15)11-13-3-4-13)17(19)14-5-9-16(20-2)10-6-14/h5-6,9-10,12-13,15,17,19H,3-4,7-8,11H2,1-2H3. The van der Waals surface area contributed by atoms with Crippen molar-refractivity contribution in [3.05, 3.63) is 29.8 Å². The first-order chi connectivity index (χ1) is 9.69. The van der Waals surface area contributed by atoms with E-state index >= 15 is 0 Å². The lowest BCUT2D eigenvalue weighted by Gasteiger charge is -2.33. The van der Waals surface area contributed by atoms with E-state index in [2.05, 4.69) is 11.8 Å². The molecule has 2 aliphatic carbocycles. The molecule has 0 saturated heterocycles. The largest absolute Gasteiger partial charge is 0.497 e. The van der Waals surface area contributed by atoms with Gasteiger partial charge in [0.15, 0.2) is 0 Å². The average Bonchev–Trinajstić information content (AvgIpc) is 3.36. The summed E-state index contributed by atoms with van der Waals surface area (Å²) >= 11 is 0. The fourth-order valence-corrected chi connectivity index (χ4v) is 2.91. The first-order valence-corrected chi connectivity index (χ1v) is 7.77. The van der Waals surface area contributed by atoms with Gasteiger partial charge in [0.05, 0.1) is 13.2 Å². The van der Waals surface area contributed by atoms with Gasteiger partial charge in [0.25, 0.3) is 0 Å². The van der Waals surface area contributed by atoms with E-state index in [1.165, 1.54) is 32.2 Å². The van der Waals surface area contributed by atoms with Gasteiger partial charge in [0, 0.05) is 18.6 Å². The summed E-state index contributed by atoms with van der Waals surface area (Å²) in [6, 6.07) is 8.70. The highest BCUT2D eigenvalue weighted by molar-refractivity contribution is 5.29. The highest BCUT2D eigenvalue weighted by Crippen LogP contribution is 2.38. The first kappa shape index (κ1) is 13.9. The van der Waals surface area contributed by atoms with Crippen molar-refractivity contribution in [2.45, 2.75) is 50.8 Å². The quantitative estimate of drug-likeness (QED) is 0.830. The van der Waals surface area contributed by atoms with Crippen LogP contribution in [0.4, 0.5) is 0 Å². The lowest BCUT2D eigenvalue weighted by atomic mass is 10.0. The molecule has 110 valence electrons. The van der Waals surface area contributed by atoms with Gasteiger partial charge in [-0.15, -0.1) is 0 Å². The molecular weight excluding hydrogens is 250 g/mol. The Morgan fingerprint density at radius 2 is 1.85 bits per heavy atom. The van der Waals surface area contributed by atoms with Crippen LogP contribution in [-0.2, 0) is 0 Å². The predicted octanol–water partition coefficient (Wildman–Crippen LogP) is 2.99. The molecule has 0 aromatic heterocycles. The van der Waals surface area contributed by atoms with E-state index in [1.807, 2.05) is 24.3 Å². The monoisotopic (exact) mass is 275 g/mol. The Morgan fingerprint density at radius 3 is 2.35 bits per heavy atom. The van der Waals surface area contributed by atoms with Crippen LogP contribution < -0.4 is 4.74 Å². The van der Waals surface area contributed by atoms with E-state index in [-0.39, 0.29) is 6.04 Å². The maximum Gasteiger partial charge on any atom is 0.118 e. The second-order valence-electron chi connectivity index (χ2n) is 6.33. The third-order valence-electron chi connectivity index (χ3n) is 4.62. The minimum Gasteiger partial charge on any atom is -0.497 e. The molecule has 0 amide bonds. The van der Waals surface area contributed by atoms with Gasteiger partial charge in [0.2, 0.25) is 0 Å². The second kappa shape index (κ2) is 5.74. The summed E-state index contributed by atoms with van der Waals surface area (Å²) in [6.07, 6.45) is 4.92. The van der Waals surface area contributed by atoms with Crippen molar-refractivity contribution in [1.29, 1.82) is 0 Å². The molecule has 1 N–H and O–H groups in total. The molecule has 0 aliphatic heterocycles. The van der Waals surface area contributed by atoms with E-state index in [4.69, 9.17) is 4.74 Å². The van der Waals surface area contributed by atoms with Gasteiger partial charge in [-0.1, -0.05) is 12.1 Å². The summed E-state index contributed by atoms with van der Waals surface area (Å²) < 4.78 is 5.17. The van der Waals surface area contributed by atoms with Crippen LogP contribution in [0.1, 0.15) is 44.3 Å². The number of aliphatic hydroxyl groups excluding tert-OH is 1. The number of hydrogen-bond acceptors (Lipinski definition) is 3. The lowest BCUT2D eigenvalue weighted by molar-refractivity contribution is 0.0500. The van der Waals surface area contributed by atoms with Crippen molar-refractivity contribution in [1.82, 2.24) is 4.90 Å². The van der Waals surface area contributed by atoms with E-state index < -0.39 is 6.10 Å². The van der Waals surface area contributed by atoms with Crippen LogP contribution in [0.2, 0.25) is 0 Å². The smallest absolute Gasteiger partial charge is 0.118 e. The topological polar surface area (TPSA) is 32.7 Å². The Bertz CT molecular complexity index is 437. The molecule has 0 spiro atoms. The molecule has 3 rings (SSSR count). The lowest BCUT2D eigenvalue weighted by Crippen LogP contribution is -2.40. The SMILES string of the molecule is COc1ccc(C(O)C(C)N(CC2CC2)C2CC2)cc1. The van der Waals surface area contributed by atoms with E-state index in [0.717, 1.165) is 17.2 Å². The Balaban J connectivity index is 1.67. The summed E-state index contributed by atoms with van der Waals surface area (Å²) in [5, 5.41) is 10.7. The van der Waals surface area contributed by atoms with Crippen LogP contribution in [0.15, 0.2) is 24.3 Å². The fraction of sp³-hybridized carbons (Fsp3) is 0.647. The average molecular weight is 275 g/mol. The molecule has 2 aliphatic rings. The highest BCUT2D eigenvalue weighted by Gasteiger charge is 2.38. The molecule has 2 atom stereocenters. The number of methoxy groups -OCH3 is 1. The predicted molar refractivity (Wildman–Crippen MR) is 79.9 cm³/mol. The third-order valence-corrected chi connectivity index (χ3v) is 4.62. The third kappa shape index (κ3) is 3.15. The summed E-state index contributed by atoms with van der Waals surface area (Å²) in [5.74, 6) is 1.71. The van der Waals surface area contributed by atoms with Crippen molar-refractivity contribution >= 4 is 0 Å². The number of rotatable bonds is 7. The van der Waals surface area contributed by atoms with Crippen molar-refractivity contribution in [2.75, 3.05) is 13.7 Å². The van der Waals surface area contributed by atoms with Crippen molar-refractivity contribution < 1.29 is 9.84 Å². The molecule has 3 nitrogen and oxygen atoms in total. The maximum atomic E-state index is 10.7. The highest BCUT2D eigenvalue weighted by atomic mass is 16.5. The second-order valence-corrected chi connectivity index (χ2v) is 6.33. The Hall–Kier alpha value is -1.06. The normalized spacial score (nSPS) is 21.8. The van der Waals surface area contributed by atoms with Gasteiger partial charge in [-0.2, -0.15) is 0 Å². The van der Waals surface area contributed by atoms with Crippen LogP contribution in [0.5, 0.6) is 5.75 Å². The molecule has 0 radical (unpaired) electrons. The molecule has 2 saturated carbocycles.